The van der Waals surface area contributed by atoms with Gasteiger partial charge in [0, 0.05) is 6.20 Å². The smallest absolute Gasteiger partial charge is 0.0876 e. The van der Waals surface area contributed by atoms with Gasteiger partial charge < -0.3 is 4.74 Å². The maximum atomic E-state index is 5.68. The van der Waals surface area contributed by atoms with Gasteiger partial charge in [-0.2, -0.15) is 0 Å². The van der Waals surface area contributed by atoms with Crippen molar-refractivity contribution in [1.29, 1.82) is 0 Å². The van der Waals surface area contributed by atoms with Gasteiger partial charge in [-0.15, -0.1) is 11.3 Å². The minimum atomic E-state index is -0.00991. The van der Waals surface area contributed by atoms with E-state index in [0.29, 0.717) is 0 Å². The summed E-state index contributed by atoms with van der Waals surface area (Å²) in [7, 11) is 0. The lowest BCUT2D eigenvalue weighted by Crippen LogP contribution is -2.30. The molecule has 1 aliphatic heterocycles. The molecule has 5 heteroatoms. The Bertz CT molecular complexity index is 578. The fraction of sp³-hybridized carbons (Fsp3) is 0.308. The first-order valence-corrected chi connectivity index (χ1v) is 6.86. The predicted molar refractivity (Wildman–Crippen MR) is 73.0 cm³/mol. The van der Waals surface area contributed by atoms with Crippen molar-refractivity contribution in [3.8, 4) is 0 Å². The highest BCUT2D eigenvalue weighted by molar-refractivity contribution is 7.17. The van der Waals surface area contributed by atoms with E-state index in [1.54, 1.807) is 11.3 Å². The SMILES string of the molecule is NNC(C1=COCCC1)c1cnc2ccsc2c1. The van der Waals surface area contributed by atoms with Gasteiger partial charge in [0.05, 0.1) is 29.1 Å². The summed E-state index contributed by atoms with van der Waals surface area (Å²) in [6.45, 7) is 0.795. The molecular weight excluding hydrogens is 246 g/mol. The molecule has 0 spiro atoms. The molecule has 2 aromatic heterocycles. The van der Waals surface area contributed by atoms with Crippen LogP contribution in [0.3, 0.4) is 0 Å². The van der Waals surface area contributed by atoms with E-state index in [0.717, 1.165) is 30.5 Å². The van der Waals surface area contributed by atoms with E-state index in [9.17, 15) is 0 Å². The summed E-state index contributed by atoms with van der Waals surface area (Å²) < 4.78 is 6.57. The molecule has 0 saturated heterocycles. The third-order valence-corrected chi connectivity index (χ3v) is 4.01. The summed E-state index contributed by atoms with van der Waals surface area (Å²) in [6, 6.07) is 4.16. The number of aromatic nitrogens is 1. The predicted octanol–water partition coefficient (Wildman–Crippen LogP) is 2.50. The van der Waals surface area contributed by atoms with Crippen LogP contribution in [0.2, 0.25) is 0 Å². The van der Waals surface area contributed by atoms with Crippen molar-refractivity contribution in [3.63, 3.8) is 0 Å². The number of hydrogen-bond acceptors (Lipinski definition) is 5. The fourth-order valence-corrected chi connectivity index (χ4v) is 3.02. The van der Waals surface area contributed by atoms with Crippen LogP contribution in [-0.4, -0.2) is 11.6 Å². The van der Waals surface area contributed by atoms with Gasteiger partial charge in [0.1, 0.15) is 0 Å². The van der Waals surface area contributed by atoms with Crippen LogP contribution >= 0.6 is 11.3 Å². The highest BCUT2D eigenvalue weighted by Crippen LogP contribution is 2.29. The fourth-order valence-electron chi connectivity index (χ4n) is 2.23. The Morgan fingerprint density at radius 1 is 1.50 bits per heavy atom. The van der Waals surface area contributed by atoms with Gasteiger partial charge in [0.15, 0.2) is 0 Å². The van der Waals surface area contributed by atoms with Crippen molar-refractivity contribution in [1.82, 2.24) is 10.4 Å². The quantitative estimate of drug-likeness (QED) is 0.658. The van der Waals surface area contributed by atoms with Crippen molar-refractivity contribution in [2.24, 2.45) is 5.84 Å². The Balaban J connectivity index is 1.96. The molecule has 4 nitrogen and oxygen atoms in total. The normalized spacial score (nSPS) is 17.3. The lowest BCUT2D eigenvalue weighted by molar-refractivity contribution is 0.219. The molecule has 0 bridgehead atoms. The number of thiophene rings is 1. The van der Waals surface area contributed by atoms with Crippen molar-refractivity contribution < 1.29 is 4.74 Å². The van der Waals surface area contributed by atoms with E-state index >= 15 is 0 Å². The van der Waals surface area contributed by atoms with Crippen LogP contribution in [0.5, 0.6) is 0 Å². The maximum Gasteiger partial charge on any atom is 0.0876 e. The number of hydrazine groups is 1. The van der Waals surface area contributed by atoms with Crippen LogP contribution in [0.15, 0.2) is 35.5 Å². The summed E-state index contributed by atoms with van der Waals surface area (Å²) in [5.41, 5.74) is 6.17. The molecule has 18 heavy (non-hydrogen) atoms. The van der Waals surface area contributed by atoms with Gasteiger partial charge >= 0.3 is 0 Å². The number of nitrogens with zero attached hydrogens (tertiary/aromatic N) is 1. The molecule has 3 heterocycles. The summed E-state index contributed by atoms with van der Waals surface area (Å²) in [6.07, 6.45) is 5.76. The highest BCUT2D eigenvalue weighted by atomic mass is 32.1. The van der Waals surface area contributed by atoms with Gasteiger partial charge in [0.2, 0.25) is 0 Å². The van der Waals surface area contributed by atoms with E-state index < -0.39 is 0 Å². The van der Waals surface area contributed by atoms with Crippen molar-refractivity contribution in [2.45, 2.75) is 18.9 Å². The molecule has 1 aliphatic rings. The van der Waals surface area contributed by atoms with Crippen LogP contribution in [0.4, 0.5) is 0 Å². The van der Waals surface area contributed by atoms with Gasteiger partial charge in [-0.3, -0.25) is 10.8 Å². The number of hydrogen-bond donors (Lipinski definition) is 2. The summed E-state index contributed by atoms with van der Waals surface area (Å²) in [5.74, 6) is 5.68. The Hall–Kier alpha value is -1.43. The molecule has 1 atom stereocenters. The number of rotatable bonds is 3. The first kappa shape index (κ1) is 11.6. The maximum absolute atomic E-state index is 5.68. The minimum Gasteiger partial charge on any atom is -0.501 e. The monoisotopic (exact) mass is 261 g/mol. The van der Waals surface area contributed by atoms with E-state index in [1.165, 1.54) is 10.3 Å². The van der Waals surface area contributed by atoms with Gasteiger partial charge in [0.25, 0.3) is 0 Å². The van der Waals surface area contributed by atoms with Crippen molar-refractivity contribution in [3.05, 3.63) is 41.1 Å². The first-order valence-electron chi connectivity index (χ1n) is 5.98. The zero-order valence-electron chi connectivity index (χ0n) is 9.93. The van der Waals surface area contributed by atoms with Crippen LogP contribution in [0.1, 0.15) is 24.4 Å². The lowest BCUT2D eigenvalue weighted by atomic mass is 9.97. The molecule has 1 unspecified atom stereocenters. The number of pyridine rings is 1. The van der Waals surface area contributed by atoms with Crippen LogP contribution in [-0.2, 0) is 4.74 Å². The molecule has 2 aromatic rings. The second-order valence-corrected chi connectivity index (χ2v) is 5.29. The largest absolute Gasteiger partial charge is 0.501 e. The average Bonchev–Trinajstić information content (AvgIpc) is 2.88. The van der Waals surface area contributed by atoms with Gasteiger partial charge in [-0.1, -0.05) is 0 Å². The second-order valence-electron chi connectivity index (χ2n) is 4.34. The Kier molecular flexibility index (Phi) is 3.27. The summed E-state index contributed by atoms with van der Waals surface area (Å²) >= 11 is 1.69. The third kappa shape index (κ3) is 2.12. The number of nitrogens with two attached hydrogens (primary N) is 1. The molecule has 0 aliphatic carbocycles. The third-order valence-electron chi connectivity index (χ3n) is 3.16. The number of fused-ring (bicyclic) bond motifs is 1. The lowest BCUT2D eigenvalue weighted by Gasteiger charge is -2.22. The van der Waals surface area contributed by atoms with Crippen LogP contribution in [0.25, 0.3) is 10.2 Å². The van der Waals surface area contributed by atoms with Crippen LogP contribution in [0, 0.1) is 0 Å². The number of ether oxygens (including phenoxy) is 1. The first-order chi connectivity index (χ1) is 8.88. The van der Waals surface area contributed by atoms with E-state index in [4.69, 9.17) is 10.6 Å². The van der Waals surface area contributed by atoms with E-state index in [-0.39, 0.29) is 6.04 Å². The molecule has 3 N–H and O–H groups in total. The number of nitrogens with one attached hydrogen (secondary N) is 1. The molecule has 0 radical (unpaired) electrons. The Morgan fingerprint density at radius 3 is 3.22 bits per heavy atom. The molecule has 0 fully saturated rings. The summed E-state index contributed by atoms with van der Waals surface area (Å²) in [5, 5.41) is 2.05. The topological polar surface area (TPSA) is 60.2 Å². The van der Waals surface area contributed by atoms with Gasteiger partial charge in [-0.25, -0.2) is 5.43 Å². The van der Waals surface area contributed by atoms with Gasteiger partial charge in [-0.05, 0) is 41.5 Å². The highest BCUT2D eigenvalue weighted by Gasteiger charge is 2.18. The molecule has 3 rings (SSSR count). The van der Waals surface area contributed by atoms with E-state index in [1.807, 2.05) is 18.5 Å². The Labute approximate surface area is 109 Å². The average molecular weight is 261 g/mol. The van der Waals surface area contributed by atoms with E-state index in [2.05, 4.69) is 21.9 Å². The second kappa shape index (κ2) is 5.06. The standard InChI is InChI=1S/C13H15N3OS/c14-16-13(9-2-1-4-17-8-9)10-6-12-11(15-7-10)3-5-18-12/h3,5-8,13,16H,1-2,4,14H2. The Morgan fingerprint density at radius 2 is 2.44 bits per heavy atom. The molecule has 0 saturated carbocycles. The zero-order chi connectivity index (χ0) is 12.4. The molecule has 0 amide bonds. The van der Waals surface area contributed by atoms with Crippen LogP contribution < -0.4 is 11.3 Å². The molecule has 94 valence electrons. The van der Waals surface area contributed by atoms with Crippen molar-refractivity contribution >= 4 is 21.6 Å². The molecular formula is C13H15N3OS. The minimum absolute atomic E-state index is 0.00991. The van der Waals surface area contributed by atoms with Crippen molar-refractivity contribution in [2.75, 3.05) is 6.61 Å². The zero-order valence-corrected chi connectivity index (χ0v) is 10.7. The molecule has 0 aromatic carbocycles. The summed E-state index contributed by atoms with van der Waals surface area (Å²) in [4.78, 5) is 4.45.